The van der Waals surface area contributed by atoms with Crippen molar-refractivity contribution in [3.8, 4) is 0 Å². The normalized spacial score (nSPS) is 17.7. The second kappa shape index (κ2) is 6.95. The third-order valence-electron chi connectivity index (χ3n) is 5.65. The maximum Gasteiger partial charge on any atom is 0.323 e. The Hall–Kier alpha value is -2.86. The molecule has 0 saturated carbocycles. The van der Waals surface area contributed by atoms with E-state index in [1.807, 2.05) is 12.1 Å². The number of anilines is 1. The van der Waals surface area contributed by atoms with Crippen molar-refractivity contribution in [2.24, 2.45) is 0 Å². The second-order valence-electron chi connectivity index (χ2n) is 7.18. The van der Waals surface area contributed by atoms with Crippen LogP contribution < -0.4 is 4.90 Å². The first-order valence-electron chi connectivity index (χ1n) is 9.10. The van der Waals surface area contributed by atoms with Crippen molar-refractivity contribution in [3.05, 3.63) is 64.7 Å². The van der Waals surface area contributed by atoms with Gasteiger partial charge in [0.25, 0.3) is 5.91 Å². The molecule has 0 unspecified atom stereocenters. The zero-order valence-corrected chi connectivity index (χ0v) is 15.9. The molecule has 4 rings (SSSR count). The van der Waals surface area contributed by atoms with Crippen molar-refractivity contribution >= 4 is 35.1 Å². The number of benzene rings is 2. The van der Waals surface area contributed by atoms with E-state index < -0.39 is 11.4 Å². The molecule has 0 radical (unpaired) electrons. The molecule has 1 N–H and O–H groups in total. The summed E-state index contributed by atoms with van der Waals surface area (Å²) in [5, 5.41) is 9.78. The van der Waals surface area contributed by atoms with E-state index in [0.29, 0.717) is 42.2 Å². The lowest BCUT2D eigenvalue weighted by Gasteiger charge is -2.38. The molecule has 2 aliphatic heterocycles. The highest BCUT2D eigenvalue weighted by molar-refractivity contribution is 6.30. The Kier molecular flexibility index (Phi) is 4.59. The molecule has 2 heterocycles. The first-order chi connectivity index (χ1) is 13.4. The smallest absolute Gasteiger partial charge is 0.323 e. The van der Waals surface area contributed by atoms with Crippen LogP contribution >= 0.6 is 11.6 Å². The van der Waals surface area contributed by atoms with Gasteiger partial charge in [-0.15, -0.1) is 0 Å². The predicted molar refractivity (Wildman–Crippen MR) is 105 cm³/mol. The number of hydrogen-bond acceptors (Lipinski definition) is 3. The Labute approximate surface area is 167 Å². The quantitative estimate of drug-likeness (QED) is 0.862. The van der Waals surface area contributed by atoms with E-state index in [2.05, 4.69) is 0 Å². The summed E-state index contributed by atoms with van der Waals surface area (Å²) in [7, 11) is 0. The minimum atomic E-state index is -1.05. The van der Waals surface area contributed by atoms with Gasteiger partial charge in [-0.25, -0.2) is 0 Å². The number of likely N-dealkylation sites (tertiary alicyclic amines) is 1. The third kappa shape index (κ3) is 2.94. The van der Waals surface area contributed by atoms with Gasteiger partial charge in [-0.3, -0.25) is 14.4 Å². The molecule has 2 amide bonds. The van der Waals surface area contributed by atoms with E-state index in [9.17, 15) is 19.5 Å². The number of aliphatic carboxylic acids is 1. The molecule has 1 saturated heterocycles. The van der Waals surface area contributed by atoms with Crippen molar-refractivity contribution < 1.29 is 19.5 Å². The number of piperidine rings is 1. The number of fused-ring (bicyclic) bond motifs is 2. The van der Waals surface area contributed by atoms with Crippen LogP contribution in [0.3, 0.4) is 0 Å². The molecule has 0 aromatic heterocycles. The van der Waals surface area contributed by atoms with Gasteiger partial charge < -0.3 is 14.9 Å². The van der Waals surface area contributed by atoms with Gasteiger partial charge in [0.2, 0.25) is 5.91 Å². The molecule has 6 nitrogen and oxygen atoms in total. The van der Waals surface area contributed by atoms with Gasteiger partial charge in [-0.2, -0.15) is 0 Å². The van der Waals surface area contributed by atoms with Crippen LogP contribution in [0.5, 0.6) is 0 Å². The zero-order chi connectivity index (χ0) is 19.9. The van der Waals surface area contributed by atoms with E-state index in [-0.39, 0.29) is 18.4 Å². The number of nitrogens with zero attached hydrogens (tertiary/aromatic N) is 2. The fourth-order valence-corrected chi connectivity index (χ4v) is 4.36. The van der Waals surface area contributed by atoms with E-state index in [1.54, 1.807) is 41.3 Å². The Bertz CT molecular complexity index is 949. The lowest BCUT2D eigenvalue weighted by molar-refractivity contribution is -0.137. The van der Waals surface area contributed by atoms with Crippen molar-refractivity contribution in [1.29, 1.82) is 0 Å². The molecule has 0 atom stereocenters. The van der Waals surface area contributed by atoms with Crippen LogP contribution in [0.15, 0.2) is 48.5 Å². The average Bonchev–Trinajstić information content (AvgIpc) is 2.91. The Morgan fingerprint density at radius 3 is 2.32 bits per heavy atom. The van der Waals surface area contributed by atoms with Gasteiger partial charge in [-0.1, -0.05) is 29.8 Å². The third-order valence-corrected chi connectivity index (χ3v) is 5.91. The molecule has 1 spiro atoms. The van der Waals surface area contributed by atoms with Crippen LogP contribution in [-0.2, 0) is 15.0 Å². The predicted octanol–water partition coefficient (Wildman–Crippen LogP) is 2.95. The summed E-state index contributed by atoms with van der Waals surface area (Å²) in [5.41, 5.74) is 1.32. The van der Waals surface area contributed by atoms with E-state index in [4.69, 9.17) is 11.6 Å². The van der Waals surface area contributed by atoms with Gasteiger partial charge in [0.1, 0.15) is 6.54 Å². The molecule has 2 aliphatic rings. The molecule has 0 bridgehead atoms. The summed E-state index contributed by atoms with van der Waals surface area (Å²) in [6.07, 6.45) is 0.941. The van der Waals surface area contributed by atoms with E-state index in [0.717, 1.165) is 5.56 Å². The number of carbonyl (C=O) groups is 3. The standard InChI is InChI=1S/C21H19ClN2O4/c22-15-7-5-14(6-8-15)19(27)23-11-9-21(10-12-23)16-3-1-2-4-17(16)24(20(21)28)13-18(25)26/h1-8H,9-13H2,(H,25,26). The van der Waals surface area contributed by atoms with Gasteiger partial charge >= 0.3 is 5.97 Å². The number of para-hydroxylation sites is 1. The van der Waals surface area contributed by atoms with Crippen molar-refractivity contribution in [2.75, 3.05) is 24.5 Å². The van der Waals surface area contributed by atoms with Crippen LogP contribution in [0.25, 0.3) is 0 Å². The minimum absolute atomic E-state index is 0.0901. The molecule has 2 aromatic rings. The van der Waals surface area contributed by atoms with Gasteiger partial charge in [0.15, 0.2) is 0 Å². The molecule has 0 aliphatic carbocycles. The van der Waals surface area contributed by atoms with Gasteiger partial charge in [-0.05, 0) is 48.7 Å². The van der Waals surface area contributed by atoms with Crippen LogP contribution in [0.4, 0.5) is 5.69 Å². The number of halogens is 1. The van der Waals surface area contributed by atoms with Crippen LogP contribution in [0.2, 0.25) is 5.02 Å². The van der Waals surface area contributed by atoms with Gasteiger partial charge in [0.05, 0.1) is 5.41 Å². The van der Waals surface area contributed by atoms with Crippen LogP contribution in [0, 0.1) is 0 Å². The summed E-state index contributed by atoms with van der Waals surface area (Å²) in [5.74, 6) is -1.32. The maximum absolute atomic E-state index is 13.2. The lowest BCUT2D eigenvalue weighted by Crippen LogP contribution is -2.50. The first-order valence-corrected chi connectivity index (χ1v) is 9.48. The van der Waals surface area contributed by atoms with Crippen LogP contribution in [0.1, 0.15) is 28.8 Å². The summed E-state index contributed by atoms with van der Waals surface area (Å²) >= 11 is 5.89. The van der Waals surface area contributed by atoms with Gasteiger partial charge in [0, 0.05) is 29.4 Å². The van der Waals surface area contributed by atoms with Crippen molar-refractivity contribution in [1.82, 2.24) is 4.90 Å². The number of amides is 2. The number of carboxylic acids is 1. The van der Waals surface area contributed by atoms with E-state index >= 15 is 0 Å². The molecular formula is C21H19ClN2O4. The number of rotatable bonds is 3. The molecule has 7 heteroatoms. The summed E-state index contributed by atoms with van der Waals surface area (Å²) in [6.45, 7) is 0.510. The maximum atomic E-state index is 13.2. The molecule has 2 aromatic carbocycles. The summed E-state index contributed by atoms with van der Waals surface area (Å²) < 4.78 is 0. The number of carboxylic acid groups (broad SMARTS) is 1. The molecular weight excluding hydrogens is 380 g/mol. The lowest BCUT2D eigenvalue weighted by atomic mass is 9.73. The molecule has 28 heavy (non-hydrogen) atoms. The highest BCUT2D eigenvalue weighted by atomic mass is 35.5. The number of hydrogen-bond donors (Lipinski definition) is 1. The molecule has 144 valence electrons. The van der Waals surface area contributed by atoms with Crippen molar-refractivity contribution in [3.63, 3.8) is 0 Å². The van der Waals surface area contributed by atoms with Crippen molar-refractivity contribution in [2.45, 2.75) is 18.3 Å². The Morgan fingerprint density at radius 2 is 1.68 bits per heavy atom. The Balaban J connectivity index is 1.58. The average molecular weight is 399 g/mol. The highest BCUT2D eigenvalue weighted by Gasteiger charge is 2.52. The molecule has 1 fully saturated rings. The highest BCUT2D eigenvalue weighted by Crippen LogP contribution is 2.47. The topological polar surface area (TPSA) is 77.9 Å². The minimum Gasteiger partial charge on any atom is -0.480 e. The Morgan fingerprint density at radius 1 is 1.04 bits per heavy atom. The fraction of sp³-hybridized carbons (Fsp3) is 0.286. The fourth-order valence-electron chi connectivity index (χ4n) is 4.24. The monoisotopic (exact) mass is 398 g/mol. The largest absolute Gasteiger partial charge is 0.480 e. The van der Waals surface area contributed by atoms with E-state index in [1.165, 1.54) is 4.90 Å². The number of carbonyl (C=O) groups excluding carboxylic acids is 2. The zero-order valence-electron chi connectivity index (χ0n) is 15.1. The summed E-state index contributed by atoms with van der Waals surface area (Å²) in [4.78, 5) is 40.3. The first kappa shape index (κ1) is 18.5. The summed E-state index contributed by atoms with van der Waals surface area (Å²) in [6, 6.07) is 14.1. The SMILES string of the molecule is O=C(O)CN1C(=O)C2(CCN(C(=O)c3ccc(Cl)cc3)CC2)c2ccccc21. The second-order valence-corrected chi connectivity index (χ2v) is 7.62. The van der Waals surface area contributed by atoms with Crippen LogP contribution in [-0.4, -0.2) is 47.4 Å².